The first-order valence-electron chi connectivity index (χ1n) is 5.71. The predicted octanol–water partition coefficient (Wildman–Crippen LogP) is 1.96. The van der Waals surface area contributed by atoms with Gasteiger partial charge < -0.3 is 4.74 Å². The Morgan fingerprint density at radius 3 is 3.07 bits per heavy atom. The molecule has 1 rings (SSSR count). The van der Waals surface area contributed by atoms with E-state index < -0.39 is 0 Å². The fourth-order valence-corrected chi connectivity index (χ4v) is 1.78. The van der Waals surface area contributed by atoms with E-state index in [0.29, 0.717) is 6.61 Å². The van der Waals surface area contributed by atoms with Gasteiger partial charge in [0, 0.05) is 13.1 Å². The summed E-state index contributed by atoms with van der Waals surface area (Å²) >= 11 is 0. The van der Waals surface area contributed by atoms with Crippen LogP contribution in [0.1, 0.15) is 25.7 Å². The van der Waals surface area contributed by atoms with Crippen LogP contribution in [0.3, 0.4) is 0 Å². The van der Waals surface area contributed by atoms with E-state index in [1.807, 2.05) is 6.08 Å². The second kappa shape index (κ2) is 7.44. The Bertz CT molecular complexity index is 222. The third kappa shape index (κ3) is 4.96. The van der Waals surface area contributed by atoms with E-state index in [-0.39, 0.29) is 6.10 Å². The number of ether oxygens (including phenoxy) is 1. The molecule has 84 valence electrons. The van der Waals surface area contributed by atoms with Crippen molar-refractivity contribution in [1.82, 2.24) is 4.90 Å². The summed E-state index contributed by atoms with van der Waals surface area (Å²) in [6.07, 6.45) is 6.57. The zero-order valence-electron chi connectivity index (χ0n) is 9.32. The molecule has 0 N–H and O–H groups in total. The number of nitriles is 1. The van der Waals surface area contributed by atoms with E-state index >= 15 is 0 Å². The van der Waals surface area contributed by atoms with Gasteiger partial charge in [-0.15, -0.1) is 6.58 Å². The Kier molecular flexibility index (Phi) is 6.06. The van der Waals surface area contributed by atoms with Gasteiger partial charge in [0.25, 0.3) is 0 Å². The molecule has 0 bridgehead atoms. The topological polar surface area (TPSA) is 36.3 Å². The molecule has 0 amide bonds. The summed E-state index contributed by atoms with van der Waals surface area (Å²) in [6, 6.07) is 2.17. The van der Waals surface area contributed by atoms with Gasteiger partial charge in [0.05, 0.1) is 12.7 Å². The second-order valence-electron chi connectivity index (χ2n) is 3.93. The van der Waals surface area contributed by atoms with Gasteiger partial charge in [-0.1, -0.05) is 12.5 Å². The summed E-state index contributed by atoms with van der Waals surface area (Å²) in [7, 11) is 0. The van der Waals surface area contributed by atoms with E-state index in [0.717, 1.165) is 26.1 Å². The Morgan fingerprint density at radius 2 is 2.33 bits per heavy atom. The minimum Gasteiger partial charge on any atom is -0.361 e. The summed E-state index contributed by atoms with van der Waals surface area (Å²) in [5.74, 6) is 0. The lowest BCUT2D eigenvalue weighted by Gasteiger charge is -2.29. The minimum atomic E-state index is -0.216. The van der Waals surface area contributed by atoms with Crippen LogP contribution in [0.25, 0.3) is 0 Å². The van der Waals surface area contributed by atoms with Crippen molar-refractivity contribution in [3.05, 3.63) is 12.7 Å². The van der Waals surface area contributed by atoms with Crippen LogP contribution in [0, 0.1) is 11.3 Å². The third-order valence-corrected chi connectivity index (χ3v) is 2.68. The van der Waals surface area contributed by atoms with Crippen molar-refractivity contribution < 1.29 is 4.74 Å². The largest absolute Gasteiger partial charge is 0.361 e. The maximum atomic E-state index is 8.74. The summed E-state index contributed by atoms with van der Waals surface area (Å²) in [5.41, 5.74) is 0. The molecular weight excluding hydrogens is 188 g/mol. The SMILES string of the molecule is C=CCCCCCN1CCOC(C#N)C1. The predicted molar refractivity (Wildman–Crippen MR) is 60.5 cm³/mol. The summed E-state index contributed by atoms with van der Waals surface area (Å²) in [6.45, 7) is 7.25. The Hall–Kier alpha value is -0.850. The van der Waals surface area contributed by atoms with Gasteiger partial charge in [-0.25, -0.2) is 0 Å². The molecular formula is C12H20N2O. The number of nitrogens with zero attached hydrogens (tertiary/aromatic N) is 2. The molecule has 3 heteroatoms. The molecule has 1 heterocycles. The van der Waals surface area contributed by atoms with Crippen LogP contribution >= 0.6 is 0 Å². The fourth-order valence-electron chi connectivity index (χ4n) is 1.78. The summed E-state index contributed by atoms with van der Waals surface area (Å²) in [5, 5.41) is 8.74. The monoisotopic (exact) mass is 208 g/mol. The number of hydrogen-bond acceptors (Lipinski definition) is 3. The third-order valence-electron chi connectivity index (χ3n) is 2.68. The van der Waals surface area contributed by atoms with E-state index in [4.69, 9.17) is 10.00 Å². The van der Waals surface area contributed by atoms with Crippen molar-refractivity contribution in [2.24, 2.45) is 0 Å². The van der Waals surface area contributed by atoms with Gasteiger partial charge in [0.2, 0.25) is 0 Å². The number of unbranched alkanes of at least 4 members (excludes halogenated alkanes) is 3. The van der Waals surface area contributed by atoms with E-state index in [1.54, 1.807) is 0 Å². The number of allylic oxidation sites excluding steroid dienone is 1. The van der Waals surface area contributed by atoms with Crippen LogP contribution in [0.4, 0.5) is 0 Å². The molecule has 1 aliphatic heterocycles. The quantitative estimate of drug-likeness (QED) is 0.494. The number of morpholine rings is 1. The molecule has 0 aromatic heterocycles. The van der Waals surface area contributed by atoms with Crippen LogP contribution in [-0.2, 0) is 4.74 Å². The Balaban J connectivity index is 2.05. The molecule has 1 unspecified atom stereocenters. The van der Waals surface area contributed by atoms with E-state index in [1.165, 1.54) is 19.3 Å². The number of hydrogen-bond donors (Lipinski definition) is 0. The highest BCUT2D eigenvalue weighted by atomic mass is 16.5. The van der Waals surface area contributed by atoms with Crippen LogP contribution < -0.4 is 0 Å². The smallest absolute Gasteiger partial charge is 0.156 e. The molecule has 1 fully saturated rings. The van der Waals surface area contributed by atoms with Crippen LogP contribution in [0.15, 0.2) is 12.7 Å². The highest BCUT2D eigenvalue weighted by molar-refractivity contribution is 4.89. The molecule has 1 aliphatic rings. The maximum Gasteiger partial charge on any atom is 0.156 e. The fraction of sp³-hybridized carbons (Fsp3) is 0.750. The standard InChI is InChI=1S/C12H20N2O/c1-2-3-4-5-6-7-14-8-9-15-12(10-13)11-14/h2,12H,1,3-9,11H2. The maximum absolute atomic E-state index is 8.74. The van der Waals surface area contributed by atoms with Gasteiger partial charge in [0.1, 0.15) is 0 Å². The lowest BCUT2D eigenvalue weighted by Crippen LogP contribution is -2.42. The average molecular weight is 208 g/mol. The molecule has 0 aromatic carbocycles. The summed E-state index contributed by atoms with van der Waals surface area (Å²) < 4.78 is 5.29. The van der Waals surface area contributed by atoms with E-state index in [2.05, 4.69) is 17.5 Å². The van der Waals surface area contributed by atoms with Crippen molar-refractivity contribution in [2.45, 2.75) is 31.8 Å². The average Bonchev–Trinajstić information content (AvgIpc) is 2.29. The van der Waals surface area contributed by atoms with Crippen LogP contribution in [0.5, 0.6) is 0 Å². The molecule has 0 aliphatic carbocycles. The van der Waals surface area contributed by atoms with Gasteiger partial charge in [-0.2, -0.15) is 5.26 Å². The van der Waals surface area contributed by atoms with Crippen molar-refractivity contribution in [2.75, 3.05) is 26.2 Å². The Labute approximate surface area is 92.3 Å². The minimum absolute atomic E-state index is 0.216. The van der Waals surface area contributed by atoms with Gasteiger partial charge in [-0.3, -0.25) is 4.90 Å². The van der Waals surface area contributed by atoms with Gasteiger partial charge in [0.15, 0.2) is 6.10 Å². The molecule has 0 saturated carbocycles. The highest BCUT2D eigenvalue weighted by Crippen LogP contribution is 2.07. The number of rotatable bonds is 6. The van der Waals surface area contributed by atoms with Crippen LogP contribution in [0.2, 0.25) is 0 Å². The first-order chi connectivity index (χ1) is 7.36. The van der Waals surface area contributed by atoms with Crippen LogP contribution in [-0.4, -0.2) is 37.2 Å². The van der Waals surface area contributed by atoms with Crippen molar-refractivity contribution >= 4 is 0 Å². The van der Waals surface area contributed by atoms with Gasteiger partial charge >= 0.3 is 0 Å². The first kappa shape index (κ1) is 12.2. The molecule has 0 radical (unpaired) electrons. The zero-order valence-corrected chi connectivity index (χ0v) is 9.32. The molecule has 0 aromatic rings. The van der Waals surface area contributed by atoms with Crippen molar-refractivity contribution in [3.8, 4) is 6.07 Å². The van der Waals surface area contributed by atoms with Gasteiger partial charge in [-0.05, 0) is 25.8 Å². The Morgan fingerprint density at radius 1 is 1.47 bits per heavy atom. The van der Waals surface area contributed by atoms with Crippen molar-refractivity contribution in [1.29, 1.82) is 5.26 Å². The first-order valence-corrected chi connectivity index (χ1v) is 5.71. The summed E-state index contributed by atoms with van der Waals surface area (Å²) in [4.78, 5) is 2.32. The lowest BCUT2D eigenvalue weighted by molar-refractivity contribution is 0.0000535. The van der Waals surface area contributed by atoms with E-state index in [9.17, 15) is 0 Å². The zero-order chi connectivity index (χ0) is 10.9. The van der Waals surface area contributed by atoms with Crippen molar-refractivity contribution in [3.63, 3.8) is 0 Å². The normalized spacial score (nSPS) is 22.2. The molecule has 1 saturated heterocycles. The second-order valence-corrected chi connectivity index (χ2v) is 3.93. The highest BCUT2D eigenvalue weighted by Gasteiger charge is 2.18. The molecule has 3 nitrogen and oxygen atoms in total. The lowest BCUT2D eigenvalue weighted by atomic mass is 10.2. The molecule has 15 heavy (non-hydrogen) atoms. The molecule has 0 spiro atoms. The molecule has 1 atom stereocenters.